The molecule has 7 nitrogen and oxygen atoms in total. The minimum Gasteiger partial charge on any atom is -0.508 e. The van der Waals surface area contributed by atoms with E-state index in [1.165, 1.54) is 6.07 Å². The third kappa shape index (κ3) is 5.97. The highest BCUT2D eigenvalue weighted by atomic mass is 127. The van der Waals surface area contributed by atoms with Gasteiger partial charge in [0.25, 0.3) is 5.91 Å². The number of nitrogens with one attached hydrogen (secondary N) is 2. The number of amides is 1. The highest BCUT2D eigenvalue weighted by molar-refractivity contribution is 14.0. The van der Waals surface area contributed by atoms with Gasteiger partial charge in [0, 0.05) is 50.3 Å². The first-order valence-electron chi connectivity index (χ1n) is 9.80. The number of aliphatic imine (C=N–C) groups is 1. The molecule has 2 aliphatic heterocycles. The second-order valence-electron chi connectivity index (χ2n) is 7.37. The molecule has 0 radical (unpaired) electrons. The van der Waals surface area contributed by atoms with Crippen LogP contribution in [0, 0.1) is 5.41 Å². The molecule has 0 bridgehead atoms. The molecule has 1 atom stereocenters. The van der Waals surface area contributed by atoms with Gasteiger partial charge in [-0.2, -0.15) is 0 Å². The summed E-state index contributed by atoms with van der Waals surface area (Å²) in [5, 5.41) is 15.7. The topological polar surface area (TPSA) is 86.2 Å². The standard InChI is InChI=1S/C20H30N4O3.HI/c1-2-21-19(24-11-7-20(14-24)8-12-27-15-20)23-10-4-9-22-18(26)16-5-3-6-17(25)13-16;/h3,5-6,13,25H,2,4,7-12,14-15H2,1H3,(H,21,23)(H,22,26);1H. The van der Waals surface area contributed by atoms with Crippen LogP contribution in [0.5, 0.6) is 5.75 Å². The van der Waals surface area contributed by atoms with Gasteiger partial charge in [-0.1, -0.05) is 6.07 Å². The molecule has 1 amide bonds. The van der Waals surface area contributed by atoms with E-state index in [9.17, 15) is 9.90 Å². The molecule has 0 aromatic heterocycles. The molecule has 1 aromatic carbocycles. The number of carbonyl (C=O) groups excluding carboxylic acids is 1. The number of benzene rings is 1. The fourth-order valence-electron chi connectivity index (χ4n) is 3.73. The van der Waals surface area contributed by atoms with E-state index in [0.717, 1.165) is 58.1 Å². The number of carbonyl (C=O) groups is 1. The highest BCUT2D eigenvalue weighted by Gasteiger charge is 2.42. The predicted octanol–water partition coefficient (Wildman–Crippen LogP) is 2.21. The van der Waals surface area contributed by atoms with Crippen LogP contribution >= 0.6 is 24.0 Å². The summed E-state index contributed by atoms with van der Waals surface area (Å²) in [6.07, 6.45) is 3.07. The van der Waals surface area contributed by atoms with E-state index < -0.39 is 0 Å². The Labute approximate surface area is 183 Å². The number of guanidine groups is 1. The summed E-state index contributed by atoms with van der Waals surface area (Å²) >= 11 is 0. The number of likely N-dealkylation sites (tertiary alicyclic amines) is 1. The number of hydrogen-bond donors (Lipinski definition) is 3. The molecule has 2 heterocycles. The van der Waals surface area contributed by atoms with Crippen LogP contribution in [0.25, 0.3) is 0 Å². The molecule has 2 aliphatic rings. The summed E-state index contributed by atoms with van der Waals surface area (Å²) < 4.78 is 5.61. The van der Waals surface area contributed by atoms with Crippen molar-refractivity contribution in [2.45, 2.75) is 26.2 Å². The summed E-state index contributed by atoms with van der Waals surface area (Å²) in [7, 11) is 0. The summed E-state index contributed by atoms with van der Waals surface area (Å²) in [5.74, 6) is 0.878. The first kappa shape index (κ1) is 22.7. The largest absolute Gasteiger partial charge is 0.508 e. The summed E-state index contributed by atoms with van der Waals surface area (Å²) in [5.41, 5.74) is 0.777. The van der Waals surface area contributed by atoms with E-state index in [-0.39, 0.29) is 35.6 Å². The van der Waals surface area contributed by atoms with Gasteiger partial charge in [-0.3, -0.25) is 9.79 Å². The predicted molar refractivity (Wildman–Crippen MR) is 121 cm³/mol. The van der Waals surface area contributed by atoms with Crippen LogP contribution in [0.3, 0.4) is 0 Å². The minimum absolute atomic E-state index is 0. The number of rotatable bonds is 6. The number of ether oxygens (including phenoxy) is 1. The SMILES string of the molecule is CCNC(=NCCCNC(=O)c1cccc(O)c1)N1CCC2(CCOC2)C1.I. The fraction of sp³-hybridized carbons (Fsp3) is 0.600. The van der Waals surface area contributed by atoms with Crippen LogP contribution in [0.4, 0.5) is 0 Å². The molecule has 0 saturated carbocycles. The normalized spacial score (nSPS) is 21.6. The number of aromatic hydroxyl groups is 1. The maximum atomic E-state index is 12.1. The molecular weight excluding hydrogens is 471 g/mol. The Bertz CT molecular complexity index is 677. The average Bonchev–Trinajstić information content (AvgIpc) is 3.30. The molecule has 3 N–H and O–H groups in total. The maximum Gasteiger partial charge on any atom is 0.251 e. The van der Waals surface area contributed by atoms with Crippen molar-refractivity contribution in [2.75, 3.05) is 45.9 Å². The number of phenols is 1. The lowest BCUT2D eigenvalue weighted by Crippen LogP contribution is -2.41. The third-order valence-electron chi connectivity index (χ3n) is 5.25. The summed E-state index contributed by atoms with van der Waals surface area (Å²) in [6.45, 7) is 7.89. The average molecular weight is 502 g/mol. The van der Waals surface area contributed by atoms with Gasteiger partial charge in [-0.05, 0) is 44.4 Å². The lowest BCUT2D eigenvalue weighted by molar-refractivity contribution is 0.0953. The van der Waals surface area contributed by atoms with Crippen molar-refractivity contribution in [2.24, 2.45) is 10.4 Å². The first-order valence-corrected chi connectivity index (χ1v) is 9.80. The molecule has 3 rings (SSSR count). The van der Waals surface area contributed by atoms with Crippen LogP contribution in [0.2, 0.25) is 0 Å². The smallest absolute Gasteiger partial charge is 0.251 e. The van der Waals surface area contributed by atoms with Gasteiger partial charge in [0.2, 0.25) is 0 Å². The molecule has 1 unspecified atom stereocenters. The van der Waals surface area contributed by atoms with Crippen molar-refractivity contribution < 1.29 is 14.6 Å². The van der Waals surface area contributed by atoms with Crippen molar-refractivity contribution in [3.05, 3.63) is 29.8 Å². The van der Waals surface area contributed by atoms with Gasteiger partial charge in [0.15, 0.2) is 5.96 Å². The Morgan fingerprint density at radius 2 is 2.21 bits per heavy atom. The molecule has 28 heavy (non-hydrogen) atoms. The Morgan fingerprint density at radius 3 is 2.93 bits per heavy atom. The Hall–Kier alpha value is -1.55. The van der Waals surface area contributed by atoms with E-state index in [1.54, 1.807) is 18.2 Å². The molecule has 156 valence electrons. The molecule has 0 aliphatic carbocycles. The van der Waals surface area contributed by atoms with E-state index in [0.29, 0.717) is 24.1 Å². The second kappa shape index (κ2) is 10.8. The fourth-order valence-corrected chi connectivity index (χ4v) is 3.73. The summed E-state index contributed by atoms with van der Waals surface area (Å²) in [6, 6.07) is 6.36. The van der Waals surface area contributed by atoms with Gasteiger partial charge in [-0.25, -0.2) is 0 Å². The lowest BCUT2D eigenvalue weighted by Gasteiger charge is -2.25. The van der Waals surface area contributed by atoms with Crippen LogP contribution in [-0.2, 0) is 4.74 Å². The molecular formula is C20H31IN4O3. The molecule has 2 saturated heterocycles. The third-order valence-corrected chi connectivity index (χ3v) is 5.25. The van der Waals surface area contributed by atoms with E-state index >= 15 is 0 Å². The van der Waals surface area contributed by atoms with Crippen molar-refractivity contribution >= 4 is 35.8 Å². The van der Waals surface area contributed by atoms with Gasteiger partial charge in [0.1, 0.15) is 5.75 Å². The lowest BCUT2D eigenvalue weighted by atomic mass is 9.87. The van der Waals surface area contributed by atoms with Crippen LogP contribution in [-0.4, -0.2) is 67.8 Å². The van der Waals surface area contributed by atoms with E-state index in [4.69, 9.17) is 9.73 Å². The zero-order chi connectivity index (χ0) is 19.1. The van der Waals surface area contributed by atoms with Crippen LogP contribution < -0.4 is 10.6 Å². The molecule has 2 fully saturated rings. The zero-order valence-electron chi connectivity index (χ0n) is 16.4. The molecule has 1 aromatic rings. The van der Waals surface area contributed by atoms with Gasteiger partial charge >= 0.3 is 0 Å². The molecule has 8 heteroatoms. The highest BCUT2D eigenvalue weighted by Crippen LogP contribution is 2.38. The van der Waals surface area contributed by atoms with Crippen molar-refractivity contribution in [1.82, 2.24) is 15.5 Å². The Morgan fingerprint density at radius 1 is 1.36 bits per heavy atom. The van der Waals surface area contributed by atoms with Crippen molar-refractivity contribution in [3.63, 3.8) is 0 Å². The zero-order valence-corrected chi connectivity index (χ0v) is 18.8. The van der Waals surface area contributed by atoms with Gasteiger partial charge in [-0.15, -0.1) is 24.0 Å². The van der Waals surface area contributed by atoms with E-state index in [2.05, 4.69) is 22.5 Å². The Balaban J connectivity index is 0.00000280. The summed E-state index contributed by atoms with van der Waals surface area (Å²) in [4.78, 5) is 19.1. The maximum absolute atomic E-state index is 12.1. The van der Waals surface area contributed by atoms with Gasteiger partial charge in [0.05, 0.1) is 6.61 Å². The van der Waals surface area contributed by atoms with Crippen molar-refractivity contribution in [3.8, 4) is 5.75 Å². The number of hydrogen-bond acceptors (Lipinski definition) is 4. The first-order chi connectivity index (χ1) is 13.1. The number of phenolic OH excluding ortho intramolecular Hbond substituents is 1. The van der Waals surface area contributed by atoms with Crippen LogP contribution in [0.15, 0.2) is 29.3 Å². The van der Waals surface area contributed by atoms with E-state index in [1.807, 2.05) is 0 Å². The Kier molecular flexibility index (Phi) is 8.81. The monoisotopic (exact) mass is 502 g/mol. The quantitative estimate of drug-likeness (QED) is 0.241. The number of halogens is 1. The minimum atomic E-state index is -0.176. The van der Waals surface area contributed by atoms with Crippen LogP contribution in [0.1, 0.15) is 36.5 Å². The van der Waals surface area contributed by atoms with Crippen molar-refractivity contribution in [1.29, 1.82) is 0 Å². The second-order valence-corrected chi connectivity index (χ2v) is 7.37. The number of nitrogens with zero attached hydrogens (tertiary/aromatic N) is 2. The molecule has 1 spiro atoms. The van der Waals surface area contributed by atoms with Gasteiger partial charge < -0.3 is 25.4 Å².